The molecule has 1 heterocycles. The van der Waals surface area contributed by atoms with Crippen LogP contribution in [-0.4, -0.2) is 55.2 Å². The van der Waals surface area contributed by atoms with Gasteiger partial charge in [-0.25, -0.2) is 0 Å². The average Bonchev–Trinajstić information content (AvgIpc) is 2.29. The largest absolute Gasteiger partial charge is 0.363 e. The quantitative estimate of drug-likeness (QED) is 0.755. The Labute approximate surface area is 105 Å². The van der Waals surface area contributed by atoms with E-state index in [1.54, 1.807) is 0 Å². The highest BCUT2D eigenvalue weighted by Crippen LogP contribution is 2.16. The van der Waals surface area contributed by atoms with Crippen LogP contribution in [0.15, 0.2) is 0 Å². The first kappa shape index (κ1) is 13.7. The van der Waals surface area contributed by atoms with E-state index in [1.165, 1.54) is 25.9 Å². The van der Waals surface area contributed by atoms with Gasteiger partial charge in [0.1, 0.15) is 0 Å². The molecule has 1 N–H and O–H groups in total. The lowest BCUT2D eigenvalue weighted by Gasteiger charge is -2.32. The van der Waals surface area contributed by atoms with Crippen molar-refractivity contribution in [1.29, 1.82) is 0 Å². The Kier molecular flexibility index (Phi) is 6.06. The highest BCUT2D eigenvalue weighted by molar-refractivity contribution is 7.80. The molecular weight excluding hydrogens is 218 g/mol. The number of hydrogen-bond donors (Lipinski definition) is 1. The van der Waals surface area contributed by atoms with Gasteiger partial charge in [-0.1, -0.05) is 6.92 Å². The van der Waals surface area contributed by atoms with Crippen LogP contribution in [0.5, 0.6) is 0 Å². The smallest absolute Gasteiger partial charge is 0.168 e. The van der Waals surface area contributed by atoms with Crippen LogP contribution >= 0.6 is 12.2 Å². The molecule has 1 aliphatic rings. The number of thiocarbonyl (C=S) groups is 1. The van der Waals surface area contributed by atoms with Crippen molar-refractivity contribution in [3.63, 3.8) is 0 Å². The summed E-state index contributed by atoms with van der Waals surface area (Å²) in [6.45, 7) is 6.70. The van der Waals surface area contributed by atoms with Gasteiger partial charge in [0, 0.05) is 20.1 Å². The van der Waals surface area contributed by atoms with Crippen molar-refractivity contribution in [2.45, 2.75) is 26.2 Å². The number of piperidine rings is 1. The lowest BCUT2D eigenvalue weighted by atomic mass is 9.97. The van der Waals surface area contributed by atoms with Crippen LogP contribution in [0.2, 0.25) is 0 Å². The molecule has 0 radical (unpaired) electrons. The van der Waals surface area contributed by atoms with E-state index < -0.39 is 0 Å². The Balaban J connectivity index is 2.22. The van der Waals surface area contributed by atoms with Crippen LogP contribution in [0.25, 0.3) is 0 Å². The summed E-state index contributed by atoms with van der Waals surface area (Å²) in [6.07, 6.45) is 3.73. The second-order valence-corrected chi connectivity index (χ2v) is 5.25. The Morgan fingerprint density at radius 1 is 1.44 bits per heavy atom. The maximum absolute atomic E-state index is 5.34. The molecule has 1 rings (SSSR count). The molecule has 1 fully saturated rings. The SMILES string of the molecule is CCCNC(=S)N(C)CC1CCN(C)CC1. The summed E-state index contributed by atoms with van der Waals surface area (Å²) >= 11 is 5.34. The molecule has 0 aromatic carbocycles. The summed E-state index contributed by atoms with van der Waals surface area (Å²) in [5.74, 6) is 0.808. The normalized spacial score (nSPS) is 18.4. The zero-order valence-corrected chi connectivity index (χ0v) is 11.6. The number of nitrogens with one attached hydrogen (secondary N) is 1. The second-order valence-electron chi connectivity index (χ2n) is 4.86. The van der Waals surface area contributed by atoms with E-state index in [9.17, 15) is 0 Å². The molecule has 0 amide bonds. The van der Waals surface area contributed by atoms with Gasteiger partial charge >= 0.3 is 0 Å². The summed E-state index contributed by atoms with van der Waals surface area (Å²) in [7, 11) is 4.30. The topological polar surface area (TPSA) is 18.5 Å². The minimum Gasteiger partial charge on any atom is -0.363 e. The molecule has 0 aromatic heterocycles. The third kappa shape index (κ3) is 4.66. The van der Waals surface area contributed by atoms with E-state index in [1.807, 2.05) is 0 Å². The van der Waals surface area contributed by atoms with Crippen LogP contribution in [0.3, 0.4) is 0 Å². The van der Waals surface area contributed by atoms with E-state index in [-0.39, 0.29) is 0 Å². The van der Waals surface area contributed by atoms with Gasteiger partial charge in [-0.2, -0.15) is 0 Å². The number of rotatable bonds is 4. The van der Waals surface area contributed by atoms with Gasteiger partial charge in [-0.05, 0) is 57.5 Å². The summed E-state index contributed by atoms with van der Waals surface area (Å²) < 4.78 is 0. The fourth-order valence-corrected chi connectivity index (χ4v) is 2.26. The van der Waals surface area contributed by atoms with Crippen molar-refractivity contribution < 1.29 is 0 Å². The predicted octanol–water partition coefficient (Wildman–Crippen LogP) is 1.54. The Bertz CT molecular complexity index is 212. The van der Waals surface area contributed by atoms with Crippen molar-refractivity contribution in [3.8, 4) is 0 Å². The lowest BCUT2D eigenvalue weighted by molar-refractivity contribution is 0.200. The third-order valence-electron chi connectivity index (χ3n) is 3.24. The molecule has 0 bridgehead atoms. The van der Waals surface area contributed by atoms with Crippen LogP contribution in [0, 0.1) is 5.92 Å². The van der Waals surface area contributed by atoms with Crippen molar-refractivity contribution in [1.82, 2.24) is 15.1 Å². The number of likely N-dealkylation sites (tertiary alicyclic amines) is 1. The summed E-state index contributed by atoms with van der Waals surface area (Å²) in [5, 5.41) is 4.18. The van der Waals surface area contributed by atoms with E-state index in [4.69, 9.17) is 12.2 Å². The van der Waals surface area contributed by atoms with Crippen LogP contribution in [0.1, 0.15) is 26.2 Å². The maximum Gasteiger partial charge on any atom is 0.168 e. The highest BCUT2D eigenvalue weighted by atomic mass is 32.1. The Hall–Kier alpha value is -0.350. The average molecular weight is 243 g/mol. The Morgan fingerprint density at radius 3 is 2.62 bits per heavy atom. The van der Waals surface area contributed by atoms with Gasteiger partial charge in [-0.15, -0.1) is 0 Å². The standard InChI is InChI=1S/C12H25N3S/c1-4-7-13-12(16)15(3)10-11-5-8-14(2)9-6-11/h11H,4-10H2,1-3H3,(H,13,16). The monoisotopic (exact) mass is 243 g/mol. The third-order valence-corrected chi connectivity index (χ3v) is 3.70. The zero-order valence-electron chi connectivity index (χ0n) is 10.8. The predicted molar refractivity (Wildman–Crippen MR) is 73.7 cm³/mol. The zero-order chi connectivity index (χ0) is 12.0. The van der Waals surface area contributed by atoms with Gasteiger partial charge < -0.3 is 15.1 Å². The van der Waals surface area contributed by atoms with Crippen molar-refractivity contribution >= 4 is 17.3 Å². The van der Waals surface area contributed by atoms with Crippen molar-refractivity contribution in [3.05, 3.63) is 0 Å². The first-order chi connectivity index (χ1) is 7.63. The maximum atomic E-state index is 5.34. The Morgan fingerprint density at radius 2 is 2.06 bits per heavy atom. The first-order valence-corrected chi connectivity index (χ1v) is 6.71. The van der Waals surface area contributed by atoms with Crippen LogP contribution < -0.4 is 5.32 Å². The molecule has 1 saturated heterocycles. The fourth-order valence-electron chi connectivity index (χ4n) is 2.08. The number of nitrogens with zero attached hydrogens (tertiary/aromatic N) is 2. The van der Waals surface area contributed by atoms with Crippen LogP contribution in [-0.2, 0) is 0 Å². The number of hydrogen-bond acceptors (Lipinski definition) is 2. The molecule has 4 heteroatoms. The highest BCUT2D eigenvalue weighted by Gasteiger charge is 2.18. The molecule has 0 aromatic rings. The van der Waals surface area contributed by atoms with Crippen molar-refractivity contribution in [2.75, 3.05) is 40.3 Å². The van der Waals surface area contributed by atoms with Gasteiger partial charge in [-0.3, -0.25) is 0 Å². The molecular formula is C12H25N3S. The van der Waals surface area contributed by atoms with E-state index >= 15 is 0 Å². The van der Waals surface area contributed by atoms with Gasteiger partial charge in [0.05, 0.1) is 0 Å². The second kappa shape index (κ2) is 7.07. The molecule has 0 spiro atoms. The molecule has 0 aliphatic carbocycles. The summed E-state index contributed by atoms with van der Waals surface area (Å²) in [5.41, 5.74) is 0. The van der Waals surface area contributed by atoms with E-state index in [2.05, 4.69) is 36.1 Å². The molecule has 0 atom stereocenters. The minimum absolute atomic E-state index is 0.808. The molecule has 1 aliphatic heterocycles. The lowest BCUT2D eigenvalue weighted by Crippen LogP contribution is -2.42. The summed E-state index contributed by atoms with van der Waals surface area (Å²) in [4.78, 5) is 4.60. The van der Waals surface area contributed by atoms with Gasteiger partial charge in [0.15, 0.2) is 5.11 Å². The first-order valence-electron chi connectivity index (χ1n) is 6.31. The molecule has 0 saturated carbocycles. The van der Waals surface area contributed by atoms with Crippen molar-refractivity contribution in [2.24, 2.45) is 5.92 Å². The molecule has 94 valence electrons. The molecule has 16 heavy (non-hydrogen) atoms. The minimum atomic E-state index is 0.808. The van der Waals surface area contributed by atoms with E-state index in [0.29, 0.717) is 0 Å². The summed E-state index contributed by atoms with van der Waals surface area (Å²) in [6, 6.07) is 0. The van der Waals surface area contributed by atoms with E-state index in [0.717, 1.165) is 30.5 Å². The molecule has 0 unspecified atom stereocenters. The van der Waals surface area contributed by atoms with Crippen LogP contribution in [0.4, 0.5) is 0 Å². The fraction of sp³-hybridized carbons (Fsp3) is 0.917. The van der Waals surface area contributed by atoms with Gasteiger partial charge in [0.2, 0.25) is 0 Å². The van der Waals surface area contributed by atoms with Gasteiger partial charge in [0.25, 0.3) is 0 Å². The molecule has 3 nitrogen and oxygen atoms in total.